The van der Waals surface area contributed by atoms with Crippen molar-refractivity contribution in [2.24, 2.45) is 0 Å². The Kier molecular flexibility index (Phi) is 6.45. The van der Waals surface area contributed by atoms with Crippen molar-refractivity contribution in [3.8, 4) is 0 Å². The van der Waals surface area contributed by atoms with E-state index in [-0.39, 0.29) is 6.04 Å². The van der Waals surface area contributed by atoms with Gasteiger partial charge < -0.3 is 10.1 Å². The summed E-state index contributed by atoms with van der Waals surface area (Å²) in [5.74, 6) is 0.742. The molecule has 0 amide bonds. The highest BCUT2D eigenvalue weighted by molar-refractivity contribution is 7.85. The van der Waals surface area contributed by atoms with Gasteiger partial charge in [0, 0.05) is 35.0 Å². The van der Waals surface area contributed by atoms with E-state index in [2.05, 4.69) is 12.2 Å². The minimum Gasteiger partial charge on any atom is -0.383 e. The zero-order valence-electron chi connectivity index (χ0n) is 9.83. The van der Waals surface area contributed by atoms with Gasteiger partial charge in [-0.05, 0) is 19.4 Å². The summed E-state index contributed by atoms with van der Waals surface area (Å²) in [6, 6.07) is 0.251. The molecule has 0 heterocycles. The van der Waals surface area contributed by atoms with Crippen molar-refractivity contribution in [1.82, 2.24) is 5.32 Å². The lowest BCUT2D eigenvalue weighted by Crippen LogP contribution is -2.39. The number of nitrogens with one attached hydrogen (secondary N) is 1. The van der Waals surface area contributed by atoms with Crippen LogP contribution < -0.4 is 5.32 Å². The number of hydrogen-bond acceptors (Lipinski definition) is 3. The van der Waals surface area contributed by atoms with E-state index in [1.165, 1.54) is 12.8 Å². The van der Waals surface area contributed by atoms with E-state index < -0.39 is 10.8 Å². The van der Waals surface area contributed by atoms with Gasteiger partial charge in [-0.25, -0.2) is 0 Å². The van der Waals surface area contributed by atoms with Gasteiger partial charge in [-0.15, -0.1) is 0 Å². The van der Waals surface area contributed by atoms with Gasteiger partial charge in [0.25, 0.3) is 0 Å². The normalized spacial score (nSPS) is 21.7. The molecule has 3 nitrogen and oxygen atoms in total. The Morgan fingerprint density at radius 2 is 2.13 bits per heavy atom. The standard InChI is InChI=1S/C11H23NO2S/c1-3-12-10(8-14-2)9-15(13)11-6-4-5-7-11/h10-12H,3-9H2,1-2H3. The Morgan fingerprint density at radius 3 is 2.67 bits per heavy atom. The molecule has 1 rings (SSSR count). The van der Waals surface area contributed by atoms with Crippen molar-refractivity contribution in [2.45, 2.75) is 43.9 Å². The topological polar surface area (TPSA) is 38.3 Å². The van der Waals surface area contributed by atoms with E-state index in [1.54, 1.807) is 7.11 Å². The molecule has 90 valence electrons. The van der Waals surface area contributed by atoms with Crippen LogP contribution in [0.25, 0.3) is 0 Å². The van der Waals surface area contributed by atoms with Crippen LogP contribution >= 0.6 is 0 Å². The second kappa shape index (κ2) is 7.36. The summed E-state index contributed by atoms with van der Waals surface area (Å²) in [6.45, 7) is 3.64. The van der Waals surface area contributed by atoms with Gasteiger partial charge in [0.05, 0.1) is 6.61 Å². The Hall–Kier alpha value is 0.0700. The molecule has 0 aromatic carbocycles. The highest BCUT2D eigenvalue weighted by atomic mass is 32.2. The molecule has 1 N–H and O–H groups in total. The van der Waals surface area contributed by atoms with Crippen LogP contribution in [0.5, 0.6) is 0 Å². The summed E-state index contributed by atoms with van der Waals surface area (Å²) in [7, 11) is 1.03. The van der Waals surface area contributed by atoms with Gasteiger partial charge >= 0.3 is 0 Å². The zero-order valence-corrected chi connectivity index (χ0v) is 10.6. The molecule has 0 aliphatic heterocycles. The summed E-state index contributed by atoms with van der Waals surface area (Å²) in [5, 5.41) is 3.77. The first-order valence-corrected chi connectivity index (χ1v) is 7.25. The minimum absolute atomic E-state index is 0.251. The molecule has 0 radical (unpaired) electrons. The molecular formula is C11H23NO2S. The number of rotatable bonds is 7. The Morgan fingerprint density at radius 1 is 1.47 bits per heavy atom. The first kappa shape index (κ1) is 13.1. The molecule has 0 spiro atoms. The maximum absolute atomic E-state index is 12.0. The quantitative estimate of drug-likeness (QED) is 0.720. The second-order valence-electron chi connectivity index (χ2n) is 4.16. The average Bonchev–Trinajstić information content (AvgIpc) is 2.71. The molecule has 0 aromatic rings. The Labute approximate surface area is 95.4 Å². The van der Waals surface area contributed by atoms with Gasteiger partial charge in [-0.3, -0.25) is 4.21 Å². The number of hydrogen-bond donors (Lipinski definition) is 1. The largest absolute Gasteiger partial charge is 0.383 e. The predicted octanol–water partition coefficient (Wildman–Crippen LogP) is 1.30. The fraction of sp³-hybridized carbons (Fsp3) is 1.00. The third kappa shape index (κ3) is 4.62. The summed E-state index contributed by atoms with van der Waals surface area (Å²) >= 11 is 0. The predicted molar refractivity (Wildman–Crippen MR) is 64.6 cm³/mol. The highest BCUT2D eigenvalue weighted by Gasteiger charge is 2.23. The number of ether oxygens (including phenoxy) is 1. The molecule has 4 heteroatoms. The van der Waals surface area contributed by atoms with E-state index in [4.69, 9.17) is 4.74 Å². The SMILES string of the molecule is CCNC(COC)CS(=O)C1CCCC1. The van der Waals surface area contributed by atoms with Crippen LogP contribution in [0.3, 0.4) is 0 Å². The van der Waals surface area contributed by atoms with E-state index in [9.17, 15) is 4.21 Å². The van der Waals surface area contributed by atoms with Crippen molar-refractivity contribution in [3.05, 3.63) is 0 Å². The van der Waals surface area contributed by atoms with Crippen LogP contribution in [0.4, 0.5) is 0 Å². The lowest BCUT2D eigenvalue weighted by atomic mass is 10.3. The molecule has 2 atom stereocenters. The van der Waals surface area contributed by atoms with Crippen LogP contribution in [-0.4, -0.2) is 41.5 Å². The van der Waals surface area contributed by atoms with E-state index in [0.29, 0.717) is 11.9 Å². The van der Waals surface area contributed by atoms with Gasteiger partial charge in [-0.1, -0.05) is 19.8 Å². The molecule has 1 aliphatic carbocycles. The van der Waals surface area contributed by atoms with E-state index in [1.807, 2.05) is 0 Å². The molecule has 1 aliphatic rings. The molecule has 0 saturated heterocycles. The molecular weight excluding hydrogens is 210 g/mol. The molecule has 0 bridgehead atoms. The zero-order chi connectivity index (χ0) is 11.1. The van der Waals surface area contributed by atoms with Crippen molar-refractivity contribution in [3.63, 3.8) is 0 Å². The monoisotopic (exact) mass is 233 g/mol. The smallest absolute Gasteiger partial charge is 0.0624 e. The van der Waals surface area contributed by atoms with Crippen LogP contribution in [0.15, 0.2) is 0 Å². The first-order chi connectivity index (χ1) is 7.27. The molecule has 1 fully saturated rings. The van der Waals surface area contributed by atoms with E-state index >= 15 is 0 Å². The van der Waals surface area contributed by atoms with Gasteiger partial charge in [0.2, 0.25) is 0 Å². The molecule has 15 heavy (non-hydrogen) atoms. The van der Waals surface area contributed by atoms with Gasteiger partial charge in [0.15, 0.2) is 0 Å². The lowest BCUT2D eigenvalue weighted by molar-refractivity contribution is 0.174. The third-order valence-electron chi connectivity index (χ3n) is 2.90. The van der Waals surface area contributed by atoms with Crippen molar-refractivity contribution in [2.75, 3.05) is 26.0 Å². The van der Waals surface area contributed by atoms with Crippen LogP contribution in [0.1, 0.15) is 32.6 Å². The Bertz CT molecular complexity index is 187. The third-order valence-corrected chi connectivity index (χ3v) is 4.85. The van der Waals surface area contributed by atoms with Crippen molar-refractivity contribution in [1.29, 1.82) is 0 Å². The maximum Gasteiger partial charge on any atom is 0.0624 e. The fourth-order valence-electron chi connectivity index (χ4n) is 2.14. The highest BCUT2D eigenvalue weighted by Crippen LogP contribution is 2.23. The maximum atomic E-state index is 12.0. The molecule has 2 unspecified atom stereocenters. The Balaban J connectivity index is 2.31. The van der Waals surface area contributed by atoms with Crippen molar-refractivity contribution >= 4 is 10.8 Å². The minimum atomic E-state index is -0.671. The second-order valence-corrected chi connectivity index (χ2v) is 5.93. The average molecular weight is 233 g/mol. The number of methoxy groups -OCH3 is 1. The van der Waals surface area contributed by atoms with Gasteiger partial charge in [-0.2, -0.15) is 0 Å². The van der Waals surface area contributed by atoms with Crippen LogP contribution in [-0.2, 0) is 15.5 Å². The summed E-state index contributed by atoms with van der Waals surface area (Å²) in [4.78, 5) is 0. The summed E-state index contributed by atoms with van der Waals surface area (Å²) in [5.41, 5.74) is 0. The summed E-state index contributed by atoms with van der Waals surface area (Å²) in [6.07, 6.45) is 4.82. The fourth-order valence-corrected chi connectivity index (χ4v) is 3.88. The van der Waals surface area contributed by atoms with Crippen LogP contribution in [0.2, 0.25) is 0 Å². The number of likely N-dealkylation sites (N-methyl/N-ethyl adjacent to an activating group) is 1. The lowest BCUT2D eigenvalue weighted by Gasteiger charge is -2.18. The summed E-state index contributed by atoms with van der Waals surface area (Å²) < 4.78 is 17.1. The molecule has 1 saturated carbocycles. The first-order valence-electron chi connectivity index (χ1n) is 5.87. The van der Waals surface area contributed by atoms with Crippen LogP contribution in [0, 0.1) is 0 Å². The van der Waals surface area contributed by atoms with Crippen molar-refractivity contribution < 1.29 is 8.95 Å². The van der Waals surface area contributed by atoms with E-state index in [0.717, 1.165) is 25.1 Å². The molecule has 0 aromatic heterocycles. The van der Waals surface area contributed by atoms with Gasteiger partial charge in [0.1, 0.15) is 0 Å².